The van der Waals surface area contributed by atoms with E-state index in [0.717, 1.165) is 66.8 Å². The summed E-state index contributed by atoms with van der Waals surface area (Å²) in [6, 6.07) is 87.3. The Morgan fingerprint density at radius 1 is 0.358 bits per heavy atom. The van der Waals surface area contributed by atoms with Gasteiger partial charge in [-0.3, -0.25) is 29.3 Å². The molecule has 12 aromatic rings. The van der Waals surface area contributed by atoms with E-state index < -0.39 is 12.1 Å². The van der Waals surface area contributed by atoms with Gasteiger partial charge >= 0.3 is 0 Å². The molecule has 0 aliphatic rings. The highest BCUT2D eigenvalue weighted by atomic mass is 16.5. The van der Waals surface area contributed by atoms with Gasteiger partial charge in [0.25, 0.3) is 5.91 Å². The Balaban J connectivity index is 0.000000171. The average molecular weight is 1420 g/mol. The van der Waals surface area contributed by atoms with Crippen molar-refractivity contribution in [3.05, 3.63) is 353 Å². The molecule has 4 N–H and O–H groups in total. The summed E-state index contributed by atoms with van der Waals surface area (Å²) < 4.78 is 34.7. The molecule has 0 saturated heterocycles. The number of hydrogen-bond donors (Lipinski definition) is 2. The minimum absolute atomic E-state index is 0.0129. The standard InChI is InChI=1S/C33H30N2O3.C31H33N3O3.C25H29N3O3/c1-37-32-22-26(17-18-31(32)38-24-25-10-3-2-4-11-25)23-35(21-19-28-14-7-8-20-34-28)33(36)30-16-9-13-27-12-5-6-15-29(27)30;1-36-30-21-26(15-16-29(30)37-23-25-12-6-3-7-13-25)22-34(19-17-27-14-8-9-18-33-27)31(35)28(32)20-24-10-4-2-5-11-24;1-19(26)25(29)28(15-13-22-10-6-7-14-27-22)17-21-11-12-23(24(16-21)30-2)31-18-20-8-4-3-5-9-20/h2-18,20,22H,19,21,23-24H2,1H3;2-16,18,21,28H,17,19-20,22-23,32H2,1H3;3-12,14,16,19H,13,15,17-18,26H2,1-2H3/t;28-;19-/m.01/s1. The number of rotatable bonds is 32. The molecular weight excluding hydrogens is 1330 g/mol. The zero-order valence-electron chi connectivity index (χ0n) is 60.6. The Morgan fingerprint density at radius 2 is 0.708 bits per heavy atom. The van der Waals surface area contributed by atoms with Crippen LogP contribution in [0, 0.1) is 0 Å². The second-order valence-corrected chi connectivity index (χ2v) is 25.3. The fourth-order valence-corrected chi connectivity index (χ4v) is 11.9. The lowest BCUT2D eigenvalue weighted by molar-refractivity contribution is -0.133. The van der Waals surface area contributed by atoms with Gasteiger partial charge in [0.1, 0.15) is 19.8 Å². The van der Waals surface area contributed by atoms with Crippen molar-refractivity contribution in [3.8, 4) is 34.5 Å². The first-order valence-electron chi connectivity index (χ1n) is 35.5. The van der Waals surface area contributed by atoms with Crippen molar-refractivity contribution in [1.82, 2.24) is 29.7 Å². The van der Waals surface area contributed by atoms with Gasteiger partial charge in [0.05, 0.1) is 33.4 Å². The first kappa shape index (κ1) is 76.5. The van der Waals surface area contributed by atoms with Crippen molar-refractivity contribution in [1.29, 1.82) is 0 Å². The van der Waals surface area contributed by atoms with Gasteiger partial charge < -0.3 is 54.6 Å². The Bertz CT molecular complexity index is 4640. The molecule has 0 fully saturated rings. The van der Waals surface area contributed by atoms with E-state index >= 15 is 0 Å². The first-order chi connectivity index (χ1) is 51.9. The molecule has 0 spiro atoms. The van der Waals surface area contributed by atoms with E-state index in [0.29, 0.717) is 125 Å². The van der Waals surface area contributed by atoms with Crippen LogP contribution in [0.2, 0.25) is 0 Å². The number of carbonyl (C=O) groups is 3. The molecule has 0 saturated carbocycles. The summed E-state index contributed by atoms with van der Waals surface area (Å²) in [5, 5.41) is 2.00. The normalized spacial score (nSPS) is 11.3. The van der Waals surface area contributed by atoms with Gasteiger partial charge in [-0.2, -0.15) is 0 Å². The third-order valence-corrected chi connectivity index (χ3v) is 17.5. The van der Waals surface area contributed by atoms with Gasteiger partial charge in [0.2, 0.25) is 11.8 Å². The molecule has 2 atom stereocenters. The summed E-state index contributed by atoms with van der Waals surface area (Å²) in [5.74, 6) is 3.67. The van der Waals surface area contributed by atoms with E-state index in [1.807, 2.05) is 283 Å². The zero-order valence-corrected chi connectivity index (χ0v) is 60.6. The first-order valence-corrected chi connectivity index (χ1v) is 35.5. The van der Waals surface area contributed by atoms with E-state index in [1.165, 1.54) is 0 Å². The minimum atomic E-state index is -0.637. The summed E-state index contributed by atoms with van der Waals surface area (Å²) in [6.45, 7) is 5.90. The highest BCUT2D eigenvalue weighted by molar-refractivity contribution is 6.07. The minimum Gasteiger partial charge on any atom is -0.493 e. The van der Waals surface area contributed by atoms with Crippen LogP contribution in [0.15, 0.2) is 292 Å². The van der Waals surface area contributed by atoms with E-state index in [-0.39, 0.29) is 17.7 Å². The lowest BCUT2D eigenvalue weighted by atomic mass is 10.0. The van der Waals surface area contributed by atoms with E-state index in [9.17, 15) is 14.4 Å². The quantitative estimate of drug-likeness (QED) is 0.0402. The maximum Gasteiger partial charge on any atom is 0.254 e. The number of nitrogens with two attached hydrogens (primary N) is 2. The number of aromatic nitrogens is 3. The molecule has 542 valence electrons. The molecule has 106 heavy (non-hydrogen) atoms. The van der Waals surface area contributed by atoms with Crippen LogP contribution in [0.25, 0.3) is 10.8 Å². The molecule has 3 amide bonds. The molecule has 12 rings (SSSR count). The zero-order chi connectivity index (χ0) is 74.1. The summed E-state index contributed by atoms with van der Waals surface area (Å²) in [7, 11) is 4.86. The number of methoxy groups -OCH3 is 3. The fourth-order valence-electron chi connectivity index (χ4n) is 11.9. The van der Waals surface area contributed by atoms with Gasteiger partial charge in [-0.25, -0.2) is 0 Å². The number of nitrogens with zero attached hydrogens (tertiary/aromatic N) is 6. The molecule has 17 nitrogen and oxygen atoms in total. The second-order valence-electron chi connectivity index (χ2n) is 25.3. The molecule has 3 aromatic heterocycles. The van der Waals surface area contributed by atoms with Gasteiger partial charge in [-0.05, 0) is 142 Å². The highest BCUT2D eigenvalue weighted by Crippen LogP contribution is 2.33. The third kappa shape index (κ3) is 23.4. The monoisotopic (exact) mass is 1420 g/mol. The van der Waals surface area contributed by atoms with Gasteiger partial charge in [0.15, 0.2) is 34.5 Å². The topological polar surface area (TPSA) is 207 Å². The lowest BCUT2D eigenvalue weighted by Crippen LogP contribution is -2.45. The van der Waals surface area contributed by atoms with Crippen LogP contribution in [-0.4, -0.2) is 100 Å². The number of hydrogen-bond acceptors (Lipinski definition) is 14. The summed E-state index contributed by atoms with van der Waals surface area (Å²) in [4.78, 5) is 58.7. The number of fused-ring (bicyclic) bond motifs is 1. The van der Waals surface area contributed by atoms with Gasteiger partial charge in [-0.1, -0.05) is 194 Å². The number of amides is 3. The SMILES string of the molecule is COc1cc(CN(CCc2ccccn2)C(=O)[C@@H](C)N)ccc1OCc1ccccc1.COc1cc(CN(CCc2ccccn2)C(=O)[C@@H](N)Cc2ccccc2)ccc1OCc1ccccc1.COc1cc(CN(CCc2ccccn2)C(=O)c2cccc3ccccc23)ccc1OCc1ccccc1. The Labute approximate surface area is 622 Å². The van der Waals surface area contributed by atoms with Crippen molar-refractivity contribution in [2.24, 2.45) is 11.5 Å². The molecule has 0 aliphatic heterocycles. The molecule has 9 aromatic carbocycles. The highest BCUT2D eigenvalue weighted by Gasteiger charge is 2.25. The Hall–Kier alpha value is -12.2. The number of pyridine rings is 3. The fraction of sp³-hybridized carbons (Fsp3) is 0.213. The van der Waals surface area contributed by atoms with Crippen LogP contribution < -0.4 is 39.9 Å². The maximum absolute atomic E-state index is 13.9. The van der Waals surface area contributed by atoms with Crippen molar-refractivity contribution in [2.75, 3.05) is 41.0 Å². The predicted molar refractivity (Wildman–Crippen MR) is 416 cm³/mol. The van der Waals surface area contributed by atoms with Crippen molar-refractivity contribution in [3.63, 3.8) is 0 Å². The number of carbonyl (C=O) groups excluding carboxylic acids is 3. The van der Waals surface area contributed by atoms with Crippen molar-refractivity contribution >= 4 is 28.5 Å². The van der Waals surface area contributed by atoms with Gasteiger partial charge in [0, 0.05) is 99.8 Å². The maximum atomic E-state index is 13.9. The van der Waals surface area contributed by atoms with E-state index in [1.54, 1.807) is 51.7 Å². The Morgan fingerprint density at radius 3 is 1.09 bits per heavy atom. The van der Waals surface area contributed by atoms with E-state index in [2.05, 4.69) is 15.0 Å². The van der Waals surface area contributed by atoms with Crippen LogP contribution in [0.1, 0.15) is 73.3 Å². The van der Waals surface area contributed by atoms with Gasteiger partial charge in [-0.15, -0.1) is 0 Å². The number of benzene rings is 9. The van der Waals surface area contributed by atoms with Crippen LogP contribution in [0.4, 0.5) is 0 Å². The summed E-state index contributed by atoms with van der Waals surface area (Å²) >= 11 is 0. The molecule has 0 radical (unpaired) electrons. The van der Waals surface area contributed by atoms with Crippen LogP contribution in [0.5, 0.6) is 34.5 Å². The van der Waals surface area contributed by atoms with Crippen molar-refractivity contribution in [2.45, 2.75) is 84.1 Å². The summed E-state index contributed by atoms with van der Waals surface area (Å²) in [5.41, 5.74) is 22.9. The summed E-state index contributed by atoms with van der Waals surface area (Å²) in [6.07, 6.45) is 7.75. The van der Waals surface area contributed by atoms with Crippen LogP contribution in [-0.2, 0) is 74.7 Å². The molecule has 3 heterocycles. The lowest BCUT2D eigenvalue weighted by Gasteiger charge is -2.26. The van der Waals surface area contributed by atoms with Crippen LogP contribution >= 0.6 is 0 Å². The Kier molecular flexibility index (Phi) is 29.3. The smallest absolute Gasteiger partial charge is 0.254 e. The molecular formula is C89H92N8O9. The predicted octanol–water partition coefficient (Wildman–Crippen LogP) is 15.1. The second kappa shape index (κ2) is 40.6. The third-order valence-electron chi connectivity index (χ3n) is 17.5. The van der Waals surface area contributed by atoms with Crippen LogP contribution in [0.3, 0.4) is 0 Å². The molecule has 0 bridgehead atoms. The van der Waals surface area contributed by atoms with E-state index in [4.69, 9.17) is 39.9 Å². The number of ether oxygens (including phenoxy) is 6. The average Bonchev–Trinajstić information content (AvgIpc) is 0.805. The largest absolute Gasteiger partial charge is 0.493 e. The molecule has 0 unspecified atom stereocenters. The molecule has 0 aliphatic carbocycles. The molecule has 17 heteroatoms. The van der Waals surface area contributed by atoms with Crippen molar-refractivity contribution < 1.29 is 42.8 Å².